The van der Waals surface area contributed by atoms with Crippen LogP contribution in [0.15, 0.2) is 59.5 Å². The summed E-state index contributed by atoms with van der Waals surface area (Å²) < 4.78 is 40.8. The highest BCUT2D eigenvalue weighted by Crippen LogP contribution is 2.32. The molecule has 2 aromatic carbocycles. The standard InChI is InChI=1S/C20H19FN4O2S/c1-14-13-16(21)8-9-18(14)28(26,27)24-19-10-11-20(23-22-19)25-12-4-6-15-5-2-3-7-17(15)25/h2-3,5,7-11,13H,4,6,12H2,1H3,(H,22,24). The Morgan fingerprint density at radius 1 is 1.07 bits per heavy atom. The maximum Gasteiger partial charge on any atom is 0.263 e. The molecule has 144 valence electrons. The molecule has 0 atom stereocenters. The molecule has 0 bridgehead atoms. The van der Waals surface area contributed by atoms with Gasteiger partial charge in [-0.15, -0.1) is 10.2 Å². The smallest absolute Gasteiger partial charge is 0.263 e. The van der Waals surface area contributed by atoms with E-state index in [1.807, 2.05) is 18.2 Å². The first-order valence-corrected chi connectivity index (χ1v) is 10.4. The van der Waals surface area contributed by atoms with Crippen molar-refractivity contribution in [2.75, 3.05) is 16.2 Å². The average Bonchev–Trinajstić information content (AvgIpc) is 2.67. The second-order valence-corrected chi connectivity index (χ2v) is 8.33. The molecule has 6 nitrogen and oxygen atoms in total. The molecule has 2 heterocycles. The summed E-state index contributed by atoms with van der Waals surface area (Å²) in [5.74, 6) is 0.285. The van der Waals surface area contributed by atoms with Crippen LogP contribution >= 0.6 is 0 Å². The van der Waals surface area contributed by atoms with Gasteiger partial charge in [0.2, 0.25) is 0 Å². The van der Waals surface area contributed by atoms with E-state index in [2.05, 4.69) is 25.9 Å². The Morgan fingerprint density at radius 2 is 1.89 bits per heavy atom. The predicted octanol–water partition coefficient (Wildman–Crippen LogP) is 3.81. The molecule has 0 unspecified atom stereocenters. The minimum Gasteiger partial charge on any atom is -0.325 e. The molecule has 0 amide bonds. The van der Waals surface area contributed by atoms with Crippen LogP contribution in [-0.4, -0.2) is 25.2 Å². The molecule has 1 aliphatic rings. The van der Waals surface area contributed by atoms with Crippen LogP contribution in [0.3, 0.4) is 0 Å². The third-order valence-corrected chi connectivity index (χ3v) is 6.22. The highest BCUT2D eigenvalue weighted by atomic mass is 32.2. The van der Waals surface area contributed by atoms with Crippen LogP contribution in [0, 0.1) is 12.7 Å². The monoisotopic (exact) mass is 398 g/mol. The van der Waals surface area contributed by atoms with Crippen LogP contribution in [0.5, 0.6) is 0 Å². The quantitative estimate of drug-likeness (QED) is 0.723. The van der Waals surface area contributed by atoms with Crippen molar-refractivity contribution in [1.29, 1.82) is 0 Å². The fraction of sp³-hybridized carbons (Fsp3) is 0.200. The van der Waals surface area contributed by atoms with E-state index in [9.17, 15) is 12.8 Å². The summed E-state index contributed by atoms with van der Waals surface area (Å²) in [5, 5.41) is 8.23. The number of hydrogen-bond acceptors (Lipinski definition) is 5. The van der Waals surface area contributed by atoms with E-state index in [1.165, 1.54) is 17.7 Å². The van der Waals surface area contributed by atoms with Gasteiger partial charge in [-0.3, -0.25) is 4.72 Å². The fourth-order valence-electron chi connectivity index (χ4n) is 3.40. The molecule has 0 radical (unpaired) electrons. The van der Waals surface area contributed by atoms with Crippen LogP contribution < -0.4 is 9.62 Å². The zero-order valence-corrected chi connectivity index (χ0v) is 16.1. The molecule has 8 heteroatoms. The van der Waals surface area contributed by atoms with Gasteiger partial charge >= 0.3 is 0 Å². The van der Waals surface area contributed by atoms with Gasteiger partial charge in [-0.2, -0.15) is 0 Å². The fourth-order valence-corrected chi connectivity index (χ4v) is 4.63. The second kappa shape index (κ2) is 7.20. The first kappa shape index (κ1) is 18.4. The van der Waals surface area contributed by atoms with Crippen molar-refractivity contribution in [3.8, 4) is 0 Å². The third-order valence-electron chi connectivity index (χ3n) is 4.70. The second-order valence-electron chi connectivity index (χ2n) is 6.68. The van der Waals surface area contributed by atoms with Crippen molar-refractivity contribution in [3.05, 3.63) is 71.5 Å². The van der Waals surface area contributed by atoms with Crippen LogP contribution in [0.25, 0.3) is 0 Å². The molecule has 0 saturated carbocycles. The Labute approximate surface area is 163 Å². The van der Waals surface area contributed by atoms with Gasteiger partial charge < -0.3 is 4.90 Å². The number of fused-ring (bicyclic) bond motifs is 1. The number of aromatic nitrogens is 2. The first-order valence-electron chi connectivity index (χ1n) is 8.92. The van der Waals surface area contributed by atoms with Crippen molar-refractivity contribution in [3.63, 3.8) is 0 Å². The van der Waals surface area contributed by atoms with E-state index in [-0.39, 0.29) is 10.7 Å². The number of aryl methyl sites for hydroxylation is 2. The highest BCUT2D eigenvalue weighted by molar-refractivity contribution is 7.92. The number of nitrogens with one attached hydrogen (secondary N) is 1. The molecule has 0 fully saturated rings. The topological polar surface area (TPSA) is 75.2 Å². The Kier molecular flexibility index (Phi) is 4.72. The van der Waals surface area contributed by atoms with E-state index >= 15 is 0 Å². The van der Waals surface area contributed by atoms with Gasteiger partial charge in [-0.1, -0.05) is 18.2 Å². The number of nitrogens with zero attached hydrogens (tertiary/aromatic N) is 3. The Balaban J connectivity index is 1.58. The summed E-state index contributed by atoms with van der Waals surface area (Å²) in [6.45, 7) is 2.37. The number of sulfonamides is 1. The first-order chi connectivity index (χ1) is 13.4. The number of hydrogen-bond donors (Lipinski definition) is 1. The summed E-state index contributed by atoms with van der Waals surface area (Å²) in [4.78, 5) is 2.08. The molecule has 3 aromatic rings. The van der Waals surface area contributed by atoms with Gasteiger partial charge in [-0.25, -0.2) is 12.8 Å². The van der Waals surface area contributed by atoms with Crippen LogP contribution in [-0.2, 0) is 16.4 Å². The molecular weight excluding hydrogens is 379 g/mol. The van der Waals surface area contributed by atoms with Gasteiger partial charge in [0.15, 0.2) is 11.6 Å². The number of rotatable bonds is 4. The largest absolute Gasteiger partial charge is 0.325 e. The van der Waals surface area contributed by atoms with Crippen molar-refractivity contribution >= 4 is 27.3 Å². The molecule has 1 aromatic heterocycles. The molecule has 4 rings (SSSR count). The zero-order valence-electron chi connectivity index (χ0n) is 15.3. The molecule has 1 aliphatic heterocycles. The Bertz CT molecular complexity index is 1120. The predicted molar refractivity (Wildman–Crippen MR) is 106 cm³/mol. The number of halogens is 1. The molecule has 28 heavy (non-hydrogen) atoms. The zero-order chi connectivity index (χ0) is 19.7. The van der Waals surface area contributed by atoms with Crippen molar-refractivity contribution in [2.45, 2.75) is 24.7 Å². The van der Waals surface area contributed by atoms with E-state index in [0.29, 0.717) is 11.4 Å². The van der Waals surface area contributed by atoms with Crippen LogP contribution in [0.2, 0.25) is 0 Å². The summed E-state index contributed by atoms with van der Waals surface area (Å²) >= 11 is 0. The minimum absolute atomic E-state index is 0.00438. The molecule has 0 saturated heterocycles. The lowest BCUT2D eigenvalue weighted by molar-refractivity contribution is 0.598. The number of benzene rings is 2. The van der Waals surface area contributed by atoms with E-state index < -0.39 is 15.8 Å². The van der Waals surface area contributed by atoms with Gasteiger partial charge in [0.05, 0.1) is 4.90 Å². The highest BCUT2D eigenvalue weighted by Gasteiger charge is 2.21. The van der Waals surface area contributed by atoms with E-state index in [4.69, 9.17) is 0 Å². The van der Waals surface area contributed by atoms with Crippen molar-refractivity contribution in [2.24, 2.45) is 0 Å². The minimum atomic E-state index is -3.88. The number of para-hydroxylation sites is 1. The van der Waals surface area contributed by atoms with Crippen molar-refractivity contribution in [1.82, 2.24) is 10.2 Å². The lowest BCUT2D eigenvalue weighted by Gasteiger charge is -2.29. The maximum absolute atomic E-state index is 13.2. The summed E-state index contributed by atoms with van der Waals surface area (Å²) in [7, 11) is -3.88. The molecule has 0 spiro atoms. The Hall–Kier alpha value is -3.00. The normalized spacial score (nSPS) is 13.9. The van der Waals surface area contributed by atoms with E-state index in [0.717, 1.165) is 31.1 Å². The SMILES string of the molecule is Cc1cc(F)ccc1S(=O)(=O)Nc1ccc(N2CCCc3ccccc32)nn1. The third kappa shape index (κ3) is 3.55. The average molecular weight is 398 g/mol. The van der Waals surface area contributed by atoms with Gasteiger partial charge in [-0.05, 0) is 67.3 Å². The summed E-state index contributed by atoms with van der Waals surface area (Å²) in [5.41, 5.74) is 2.67. The molecule has 0 aliphatic carbocycles. The Morgan fingerprint density at radius 3 is 2.64 bits per heavy atom. The van der Waals surface area contributed by atoms with E-state index in [1.54, 1.807) is 19.1 Å². The summed E-state index contributed by atoms with van der Waals surface area (Å²) in [6, 6.07) is 15.0. The van der Waals surface area contributed by atoms with Gasteiger partial charge in [0.25, 0.3) is 10.0 Å². The van der Waals surface area contributed by atoms with Gasteiger partial charge in [0, 0.05) is 12.2 Å². The summed E-state index contributed by atoms with van der Waals surface area (Å²) in [6.07, 6.45) is 2.03. The van der Waals surface area contributed by atoms with Crippen LogP contribution in [0.1, 0.15) is 17.5 Å². The lowest BCUT2D eigenvalue weighted by atomic mass is 10.0. The molecular formula is C20H19FN4O2S. The van der Waals surface area contributed by atoms with Gasteiger partial charge in [0.1, 0.15) is 5.82 Å². The lowest BCUT2D eigenvalue weighted by Crippen LogP contribution is -2.25. The maximum atomic E-state index is 13.2. The number of anilines is 3. The van der Waals surface area contributed by atoms with Crippen molar-refractivity contribution < 1.29 is 12.8 Å². The van der Waals surface area contributed by atoms with Crippen LogP contribution in [0.4, 0.5) is 21.7 Å². The molecule has 1 N–H and O–H groups in total.